The van der Waals surface area contributed by atoms with Gasteiger partial charge < -0.3 is 9.67 Å². The van der Waals surface area contributed by atoms with Crippen molar-refractivity contribution < 1.29 is 14.5 Å². The highest BCUT2D eigenvalue weighted by Crippen LogP contribution is 2.22. The summed E-state index contributed by atoms with van der Waals surface area (Å²) >= 11 is 1.46. The van der Waals surface area contributed by atoms with E-state index in [4.69, 9.17) is 5.11 Å². The molecule has 0 spiro atoms. The Labute approximate surface area is 180 Å². The van der Waals surface area contributed by atoms with Gasteiger partial charge in [0.1, 0.15) is 25.7 Å². The normalized spacial score (nSPS) is 10.9. The highest BCUT2D eigenvalue weighted by atomic mass is 32.2. The molecule has 3 rings (SSSR count). The molecule has 0 aliphatic carbocycles. The minimum Gasteiger partial charge on any atom is -0.397 e. The van der Waals surface area contributed by atoms with E-state index in [1.807, 2.05) is 61.1 Å². The third-order valence-electron chi connectivity index (χ3n) is 3.88. The summed E-state index contributed by atoms with van der Waals surface area (Å²) in [7, 11) is 5.73. The fourth-order valence-electron chi connectivity index (χ4n) is 2.67. The van der Waals surface area contributed by atoms with Crippen LogP contribution < -0.4 is 11.7 Å². The van der Waals surface area contributed by atoms with Gasteiger partial charge in [-0.1, -0.05) is 11.8 Å². The first-order valence-electron chi connectivity index (χ1n) is 9.19. The van der Waals surface area contributed by atoms with Crippen molar-refractivity contribution in [3.63, 3.8) is 0 Å². The van der Waals surface area contributed by atoms with E-state index in [9.17, 15) is 4.79 Å². The molecule has 10 heteroatoms. The van der Waals surface area contributed by atoms with Gasteiger partial charge in [-0.05, 0) is 31.4 Å². The molecule has 162 valence electrons. The fraction of sp³-hybridized carbons (Fsp3) is 0.350. The summed E-state index contributed by atoms with van der Waals surface area (Å²) < 4.78 is 3.81. The van der Waals surface area contributed by atoms with Crippen LogP contribution in [-0.4, -0.2) is 68.2 Å². The molecular weight excluding hydrogens is 402 g/mol. The molecule has 5 N–H and O–H groups in total. The Hall–Kier alpha value is -2.66. The SMILES string of the molecule is CCO.CSc1nccc(C(C=[N+](C)C)C(=O)c2cnc3c(ccn3C)c2)n1.NN. The van der Waals surface area contributed by atoms with Gasteiger partial charge >= 0.3 is 0 Å². The second kappa shape index (κ2) is 12.8. The number of hydrazine groups is 1. The van der Waals surface area contributed by atoms with Crippen LogP contribution >= 0.6 is 11.8 Å². The zero-order valence-electron chi connectivity index (χ0n) is 18.0. The van der Waals surface area contributed by atoms with Crippen LogP contribution in [0.4, 0.5) is 0 Å². The first kappa shape index (κ1) is 25.4. The van der Waals surface area contributed by atoms with Crippen LogP contribution in [0.15, 0.2) is 41.9 Å². The number of hydrogen-bond acceptors (Lipinski definition) is 8. The van der Waals surface area contributed by atoms with E-state index >= 15 is 0 Å². The maximum atomic E-state index is 13.2. The number of Topliss-reactive ketones (excluding diaryl/α,β-unsaturated/α-hetero) is 1. The molecule has 0 saturated heterocycles. The van der Waals surface area contributed by atoms with Gasteiger partial charge in [0.25, 0.3) is 0 Å². The van der Waals surface area contributed by atoms with E-state index in [-0.39, 0.29) is 12.4 Å². The monoisotopic (exact) mass is 432 g/mol. The fourth-order valence-corrected chi connectivity index (χ4v) is 3.03. The molecule has 0 saturated carbocycles. The number of nitrogens with two attached hydrogens (primary N) is 2. The average Bonchev–Trinajstić information content (AvgIpc) is 3.13. The van der Waals surface area contributed by atoms with E-state index in [2.05, 4.69) is 26.6 Å². The molecule has 3 aromatic rings. The number of rotatable bonds is 5. The number of ketones is 1. The molecule has 1 unspecified atom stereocenters. The lowest BCUT2D eigenvalue weighted by Crippen LogP contribution is -2.20. The number of pyridine rings is 1. The third-order valence-corrected chi connectivity index (χ3v) is 4.44. The van der Waals surface area contributed by atoms with Crippen LogP contribution in [0.3, 0.4) is 0 Å². The first-order chi connectivity index (χ1) is 14.4. The zero-order chi connectivity index (χ0) is 22.7. The summed E-state index contributed by atoms with van der Waals surface area (Å²) in [5.74, 6) is 7.49. The molecule has 3 heterocycles. The van der Waals surface area contributed by atoms with Crippen molar-refractivity contribution in [3.8, 4) is 0 Å². The smallest absolute Gasteiger partial charge is 0.187 e. The lowest BCUT2D eigenvalue weighted by molar-refractivity contribution is -0.460. The summed E-state index contributed by atoms with van der Waals surface area (Å²) in [6.07, 6.45) is 9.04. The van der Waals surface area contributed by atoms with Gasteiger partial charge in [0, 0.05) is 43.2 Å². The number of fused-ring (bicyclic) bond motifs is 1. The van der Waals surface area contributed by atoms with Crippen LogP contribution in [-0.2, 0) is 7.05 Å². The third kappa shape index (κ3) is 6.70. The Kier molecular flexibility index (Phi) is 10.8. The Morgan fingerprint density at radius 1 is 1.33 bits per heavy atom. The largest absolute Gasteiger partial charge is 0.397 e. The molecule has 0 fully saturated rings. The number of aliphatic hydroxyl groups is 1. The highest BCUT2D eigenvalue weighted by molar-refractivity contribution is 7.98. The standard InChI is InChI=1S/C18H20N5OS.C2H6O.H4N2/c1-22(2)11-14(15-5-7-19-18(21-15)25-4)16(24)13-9-12-6-8-23(3)17(12)20-10-13;1-2-3;1-2/h5-11,14H,1-4H3;3H,2H2,1H3;1-2H2/q+1;;. The molecule has 1 atom stereocenters. The molecule has 0 bridgehead atoms. The van der Waals surface area contributed by atoms with E-state index < -0.39 is 5.92 Å². The van der Waals surface area contributed by atoms with Crippen LogP contribution in [0.2, 0.25) is 0 Å². The lowest BCUT2D eigenvalue weighted by atomic mass is 9.96. The molecule has 0 aliphatic rings. The molecular formula is C20H30N7O2S+. The van der Waals surface area contributed by atoms with Gasteiger partial charge in [0.2, 0.25) is 0 Å². The predicted octanol–water partition coefficient (Wildman–Crippen LogP) is 1.21. The lowest BCUT2D eigenvalue weighted by Gasteiger charge is -2.10. The highest BCUT2D eigenvalue weighted by Gasteiger charge is 2.26. The van der Waals surface area contributed by atoms with E-state index in [1.165, 1.54) is 11.8 Å². The predicted molar refractivity (Wildman–Crippen MR) is 121 cm³/mol. The van der Waals surface area contributed by atoms with E-state index in [0.717, 1.165) is 11.0 Å². The molecule has 0 aromatic carbocycles. The maximum Gasteiger partial charge on any atom is 0.187 e. The van der Waals surface area contributed by atoms with Crippen molar-refractivity contribution in [2.24, 2.45) is 18.7 Å². The van der Waals surface area contributed by atoms with Crippen molar-refractivity contribution >= 4 is 34.8 Å². The average molecular weight is 433 g/mol. The second-order valence-corrected chi connectivity index (χ2v) is 7.08. The van der Waals surface area contributed by atoms with Gasteiger partial charge in [-0.25, -0.2) is 19.5 Å². The quantitative estimate of drug-likeness (QED) is 0.104. The number of aryl methyl sites for hydroxylation is 1. The van der Waals surface area contributed by atoms with Gasteiger partial charge in [0.15, 0.2) is 17.2 Å². The molecule has 3 aromatic heterocycles. The zero-order valence-corrected chi connectivity index (χ0v) is 18.8. The maximum absolute atomic E-state index is 13.2. The van der Waals surface area contributed by atoms with Gasteiger partial charge in [-0.15, -0.1) is 0 Å². The van der Waals surface area contributed by atoms with Crippen LogP contribution in [0.5, 0.6) is 0 Å². The second-order valence-electron chi connectivity index (χ2n) is 6.30. The summed E-state index contributed by atoms with van der Waals surface area (Å²) in [6.45, 7) is 1.93. The summed E-state index contributed by atoms with van der Waals surface area (Å²) in [6, 6.07) is 5.63. The number of hydrogen-bond donors (Lipinski definition) is 3. The Bertz CT molecular complexity index is 984. The summed E-state index contributed by atoms with van der Waals surface area (Å²) in [4.78, 5) is 26.3. The van der Waals surface area contributed by atoms with Gasteiger partial charge in [-0.2, -0.15) is 0 Å². The number of carbonyl (C=O) groups is 1. The van der Waals surface area contributed by atoms with Crippen LogP contribution in [0.25, 0.3) is 11.0 Å². The molecule has 30 heavy (non-hydrogen) atoms. The summed E-state index contributed by atoms with van der Waals surface area (Å²) in [5, 5.41) is 9.17. The topological polar surface area (TPSA) is 136 Å². The number of aromatic nitrogens is 4. The van der Waals surface area contributed by atoms with Crippen molar-refractivity contribution in [3.05, 3.63) is 48.0 Å². The molecule has 0 amide bonds. The van der Waals surface area contributed by atoms with E-state index in [1.54, 1.807) is 25.4 Å². The minimum atomic E-state index is -0.480. The first-order valence-corrected chi connectivity index (χ1v) is 10.4. The molecule has 9 nitrogen and oxygen atoms in total. The van der Waals surface area contributed by atoms with Gasteiger partial charge in [-0.3, -0.25) is 16.5 Å². The Morgan fingerprint density at radius 3 is 2.60 bits per heavy atom. The number of aliphatic hydroxyl groups excluding tert-OH is 1. The summed E-state index contributed by atoms with van der Waals surface area (Å²) in [5.41, 5.74) is 2.12. The molecule has 0 aliphatic heterocycles. The number of thioether (sulfide) groups is 1. The van der Waals surface area contributed by atoms with Crippen LogP contribution in [0, 0.1) is 0 Å². The van der Waals surface area contributed by atoms with Crippen molar-refractivity contribution in [2.45, 2.75) is 18.0 Å². The Morgan fingerprint density at radius 2 is 2.00 bits per heavy atom. The van der Waals surface area contributed by atoms with E-state index in [0.29, 0.717) is 16.4 Å². The van der Waals surface area contributed by atoms with Crippen LogP contribution in [0.1, 0.15) is 28.9 Å². The van der Waals surface area contributed by atoms with Crippen molar-refractivity contribution in [1.29, 1.82) is 0 Å². The van der Waals surface area contributed by atoms with Crippen molar-refractivity contribution in [2.75, 3.05) is 27.0 Å². The minimum absolute atomic E-state index is 0.0299. The van der Waals surface area contributed by atoms with Gasteiger partial charge in [0.05, 0.1) is 5.69 Å². The number of nitrogens with zero attached hydrogens (tertiary/aromatic N) is 5. The van der Waals surface area contributed by atoms with Crippen molar-refractivity contribution in [1.82, 2.24) is 19.5 Å². The Balaban J connectivity index is 0.000000826. The molecule has 0 radical (unpaired) electrons. The number of carbonyl (C=O) groups excluding carboxylic acids is 1.